The van der Waals surface area contributed by atoms with Crippen LogP contribution in [0.1, 0.15) is 36.0 Å². The van der Waals surface area contributed by atoms with Gasteiger partial charge in [-0.05, 0) is 56.4 Å². The average Bonchev–Trinajstić information content (AvgIpc) is 3.48. The Hall–Kier alpha value is -4.09. The molecule has 8 rings (SSSR count). The van der Waals surface area contributed by atoms with Crippen LogP contribution in [0.2, 0.25) is 17.3 Å². The van der Waals surface area contributed by atoms with Crippen LogP contribution >= 0.6 is 0 Å². The normalized spacial score (nSPS) is 13.0. The maximum atomic E-state index is 7.78. The number of benzene rings is 5. The van der Waals surface area contributed by atoms with Crippen LogP contribution in [-0.2, 0) is 25.5 Å². The van der Waals surface area contributed by atoms with Gasteiger partial charge in [0.25, 0.3) is 0 Å². The van der Waals surface area contributed by atoms with Crippen molar-refractivity contribution in [3.8, 4) is 22.5 Å². The standard InChI is InChI=1S/C29H22NO.C15H18GeN.Ir/c1-29(2,3)20-13-14-30-26(16-20)23-10-6-9-22-25-15-19-12-11-18-7-4-5-8-21(18)24(19)17-27(25)31-28(22)23;1-12-10-15(13-8-6-5-7-9-13)17-11-14(12)16(2,3)4;/h4-9,11-17H,1-3H3;5-8,10-11H,1-4H3;/q2*-1;/i;1D3;. The monoisotopic (exact) mass is 882 g/mol. The van der Waals surface area contributed by atoms with Crippen LogP contribution < -0.4 is 4.40 Å². The van der Waals surface area contributed by atoms with E-state index < -0.39 is 20.1 Å². The first-order valence-corrected chi connectivity index (χ1v) is 23.7. The fraction of sp³-hybridized carbons (Fsp3) is 0.182. The third kappa shape index (κ3) is 7.01. The molecule has 0 aliphatic heterocycles. The van der Waals surface area contributed by atoms with Crippen molar-refractivity contribution >= 4 is 61.1 Å². The molecule has 0 amide bonds. The number of pyridine rings is 2. The number of rotatable bonds is 3. The summed E-state index contributed by atoms with van der Waals surface area (Å²) in [6.07, 6.45) is 3.64. The number of furan rings is 1. The molecule has 0 aliphatic rings. The minimum atomic E-state index is -2.27. The van der Waals surface area contributed by atoms with Crippen molar-refractivity contribution in [3.63, 3.8) is 0 Å². The fourth-order valence-electron chi connectivity index (χ4n) is 6.22. The Morgan fingerprint density at radius 2 is 1.51 bits per heavy atom. The van der Waals surface area contributed by atoms with E-state index in [0.717, 1.165) is 43.2 Å². The fourth-order valence-corrected chi connectivity index (χ4v) is 9.01. The SMILES string of the molecule is CC(C)(C)c1ccnc(-c2[c-]ccc3c2oc2cc4c(ccc5ccccc54)cc23)c1.[2H]C([2H])([2H])c1cc(-c2[c-]cccc2)nc[c]1[Ge]([CH3])([CH3])[CH3].[Ir]. The third-order valence-electron chi connectivity index (χ3n) is 8.88. The molecule has 0 aliphatic carbocycles. The van der Waals surface area contributed by atoms with E-state index in [9.17, 15) is 0 Å². The van der Waals surface area contributed by atoms with Crippen LogP contribution in [-0.4, -0.2) is 23.2 Å². The molecule has 0 saturated heterocycles. The largest absolute Gasteiger partial charge is 0 e. The van der Waals surface area contributed by atoms with Crippen LogP contribution in [0.5, 0.6) is 0 Å². The van der Waals surface area contributed by atoms with E-state index >= 15 is 0 Å². The second-order valence-electron chi connectivity index (χ2n) is 14.4. The summed E-state index contributed by atoms with van der Waals surface area (Å²) in [4.78, 5) is 9.10. The first-order chi connectivity index (χ1) is 24.2. The maximum absolute atomic E-state index is 7.78. The predicted molar refractivity (Wildman–Crippen MR) is 206 cm³/mol. The summed E-state index contributed by atoms with van der Waals surface area (Å²) < 4.78 is 30.7. The molecule has 0 atom stereocenters. The molecule has 3 nitrogen and oxygen atoms in total. The van der Waals surface area contributed by atoms with E-state index in [-0.39, 0.29) is 25.5 Å². The van der Waals surface area contributed by atoms with Gasteiger partial charge in [0.15, 0.2) is 0 Å². The molecule has 0 fully saturated rings. The van der Waals surface area contributed by atoms with Crippen LogP contribution in [0.3, 0.4) is 0 Å². The van der Waals surface area contributed by atoms with Crippen LogP contribution in [0, 0.1) is 19.0 Å². The first-order valence-electron chi connectivity index (χ1n) is 17.8. The number of aromatic nitrogens is 2. The van der Waals surface area contributed by atoms with Crippen LogP contribution in [0.4, 0.5) is 0 Å². The molecule has 247 valence electrons. The Kier molecular flexibility index (Phi) is 8.63. The summed E-state index contributed by atoms with van der Waals surface area (Å²) in [6, 6.07) is 41.3. The van der Waals surface area contributed by atoms with E-state index in [1.165, 1.54) is 27.1 Å². The second kappa shape index (κ2) is 13.7. The molecule has 0 unspecified atom stereocenters. The summed E-state index contributed by atoms with van der Waals surface area (Å²) in [5.74, 6) is 6.54. The topological polar surface area (TPSA) is 38.9 Å². The van der Waals surface area contributed by atoms with Crippen LogP contribution in [0.25, 0.3) is 66.0 Å². The zero-order chi connectivity index (χ0) is 36.1. The van der Waals surface area contributed by atoms with Gasteiger partial charge in [0, 0.05) is 31.7 Å². The minimum Gasteiger partial charge on any atom is 0 e. The summed E-state index contributed by atoms with van der Waals surface area (Å²) in [5, 5.41) is 7.14. The van der Waals surface area contributed by atoms with Crippen molar-refractivity contribution in [2.24, 2.45) is 0 Å². The molecule has 5 heteroatoms. The molecule has 0 bridgehead atoms. The summed E-state index contributed by atoms with van der Waals surface area (Å²) in [7, 11) is 0. The van der Waals surface area contributed by atoms with Crippen molar-refractivity contribution in [2.75, 3.05) is 0 Å². The number of hydrogen-bond donors (Lipinski definition) is 0. The summed E-state index contributed by atoms with van der Waals surface area (Å²) >= 11 is -2.27. The van der Waals surface area contributed by atoms with Gasteiger partial charge in [0.2, 0.25) is 0 Å². The Morgan fingerprint density at radius 3 is 2.27 bits per heavy atom. The molecular weight excluding hydrogens is 837 g/mol. The van der Waals surface area contributed by atoms with Crippen molar-refractivity contribution in [3.05, 3.63) is 139 Å². The molecule has 1 radical (unpaired) electrons. The molecule has 3 aromatic heterocycles. The summed E-state index contributed by atoms with van der Waals surface area (Å²) in [5.41, 5.74) is 6.79. The van der Waals surface area contributed by atoms with Gasteiger partial charge in [0.1, 0.15) is 5.58 Å². The van der Waals surface area contributed by atoms with E-state index in [4.69, 9.17) is 8.53 Å². The van der Waals surface area contributed by atoms with Gasteiger partial charge in [-0.1, -0.05) is 74.2 Å². The van der Waals surface area contributed by atoms with Crippen molar-refractivity contribution in [2.45, 2.75) is 50.3 Å². The van der Waals surface area contributed by atoms with E-state index in [1.54, 1.807) is 12.3 Å². The Balaban J connectivity index is 0.000000193. The molecule has 5 aromatic carbocycles. The number of hydrogen-bond acceptors (Lipinski definition) is 3. The Morgan fingerprint density at radius 1 is 0.714 bits per heavy atom. The van der Waals surface area contributed by atoms with E-state index in [1.807, 2.05) is 36.5 Å². The molecule has 0 spiro atoms. The van der Waals surface area contributed by atoms with Crippen molar-refractivity contribution in [1.29, 1.82) is 0 Å². The Bertz CT molecular complexity index is 2550. The first kappa shape index (κ1) is 30.9. The van der Waals surface area contributed by atoms with Gasteiger partial charge in [0.05, 0.1) is 5.58 Å². The molecule has 0 saturated carbocycles. The minimum absolute atomic E-state index is 0. The average molecular weight is 881 g/mol. The van der Waals surface area contributed by atoms with E-state index in [0.29, 0.717) is 11.3 Å². The predicted octanol–water partition coefficient (Wildman–Crippen LogP) is 11.5. The van der Waals surface area contributed by atoms with E-state index in [2.05, 4.69) is 127 Å². The second-order valence-corrected chi connectivity index (χ2v) is 24.9. The van der Waals surface area contributed by atoms with Crippen molar-refractivity contribution in [1.82, 2.24) is 9.97 Å². The van der Waals surface area contributed by atoms with Gasteiger partial charge in [-0.15, -0.1) is 18.2 Å². The molecular formula is C44H40GeIrN2O-2. The van der Waals surface area contributed by atoms with Gasteiger partial charge in [-0.25, -0.2) is 0 Å². The van der Waals surface area contributed by atoms with Crippen LogP contribution in [0.15, 0.2) is 120 Å². The molecule has 49 heavy (non-hydrogen) atoms. The number of nitrogens with zero attached hydrogens (tertiary/aromatic N) is 2. The molecule has 3 heterocycles. The third-order valence-corrected chi connectivity index (χ3v) is 13.1. The molecule has 0 N–H and O–H groups in total. The van der Waals surface area contributed by atoms with Gasteiger partial charge >= 0.3 is 110 Å². The smallest absolute Gasteiger partial charge is 0 e. The zero-order valence-corrected chi connectivity index (χ0v) is 33.1. The zero-order valence-electron chi connectivity index (χ0n) is 31.6. The quantitative estimate of drug-likeness (QED) is 0.101. The van der Waals surface area contributed by atoms with Gasteiger partial charge < -0.3 is 9.40 Å². The van der Waals surface area contributed by atoms with Gasteiger partial charge in [-0.3, -0.25) is 0 Å². The summed E-state index contributed by atoms with van der Waals surface area (Å²) in [6.45, 7) is 4.55. The maximum Gasteiger partial charge on any atom is 0 e. The van der Waals surface area contributed by atoms with Gasteiger partial charge in [-0.2, -0.15) is 0 Å². The number of aryl methyl sites for hydroxylation is 1. The van der Waals surface area contributed by atoms with Crippen molar-refractivity contribution < 1.29 is 28.6 Å². The Labute approximate surface area is 309 Å². The molecule has 8 aromatic rings. The number of fused-ring (bicyclic) bond motifs is 6.